The molecule has 0 aromatic rings. The van der Waals surface area contributed by atoms with Gasteiger partial charge in [0.05, 0.1) is 0 Å². The second-order valence-corrected chi connectivity index (χ2v) is 4.56. The van der Waals surface area contributed by atoms with Gasteiger partial charge in [0.1, 0.15) is 6.04 Å². The van der Waals surface area contributed by atoms with Crippen LogP contribution < -0.4 is 5.32 Å². The number of carboxylic acid groups (broad SMARTS) is 1. The molecule has 0 aromatic heterocycles. The minimum Gasteiger partial charge on any atom is -0.480 e. The molecule has 0 spiro atoms. The summed E-state index contributed by atoms with van der Waals surface area (Å²) in [4.78, 5) is 22.6. The van der Waals surface area contributed by atoms with Gasteiger partial charge in [-0.15, -0.1) is 0 Å². The van der Waals surface area contributed by atoms with Gasteiger partial charge in [0, 0.05) is 6.42 Å². The molecule has 0 aliphatic carbocycles. The van der Waals surface area contributed by atoms with Gasteiger partial charge < -0.3 is 10.4 Å². The third-order valence-electron chi connectivity index (χ3n) is 2.70. The summed E-state index contributed by atoms with van der Waals surface area (Å²) < 4.78 is 0. The van der Waals surface area contributed by atoms with Crippen LogP contribution >= 0.6 is 0 Å². The fourth-order valence-corrected chi connectivity index (χ4v) is 1.74. The molecule has 4 heteroatoms. The van der Waals surface area contributed by atoms with Crippen molar-refractivity contribution >= 4 is 11.9 Å². The first kappa shape index (κ1) is 14.9. The lowest BCUT2D eigenvalue weighted by Gasteiger charge is -2.22. The van der Waals surface area contributed by atoms with Crippen LogP contribution in [-0.2, 0) is 9.59 Å². The van der Waals surface area contributed by atoms with E-state index in [1.165, 1.54) is 0 Å². The molecule has 2 N–H and O–H groups in total. The summed E-state index contributed by atoms with van der Waals surface area (Å²) in [6.07, 6.45) is 1.90. The van der Waals surface area contributed by atoms with E-state index >= 15 is 0 Å². The topological polar surface area (TPSA) is 66.4 Å². The van der Waals surface area contributed by atoms with Gasteiger partial charge in [0.15, 0.2) is 0 Å². The molecule has 0 aliphatic heterocycles. The summed E-state index contributed by atoms with van der Waals surface area (Å²) in [6.45, 7) is 7.76. The molecule has 0 bridgehead atoms. The Labute approximate surface area is 97.4 Å². The van der Waals surface area contributed by atoms with Crippen LogP contribution in [-0.4, -0.2) is 23.0 Å². The number of carboxylic acids is 1. The predicted molar refractivity (Wildman–Crippen MR) is 63.1 cm³/mol. The van der Waals surface area contributed by atoms with E-state index < -0.39 is 12.0 Å². The van der Waals surface area contributed by atoms with Crippen LogP contribution in [0.1, 0.15) is 47.0 Å². The molecule has 0 saturated heterocycles. The lowest BCUT2D eigenvalue weighted by molar-refractivity contribution is -0.143. The Morgan fingerprint density at radius 2 is 1.69 bits per heavy atom. The van der Waals surface area contributed by atoms with E-state index in [2.05, 4.69) is 5.32 Å². The molecule has 1 unspecified atom stereocenters. The lowest BCUT2D eigenvalue weighted by atomic mass is 9.94. The Balaban J connectivity index is 4.44. The number of amides is 1. The highest BCUT2D eigenvalue weighted by Crippen LogP contribution is 2.14. The largest absolute Gasteiger partial charge is 0.480 e. The van der Waals surface area contributed by atoms with E-state index in [4.69, 9.17) is 5.11 Å². The van der Waals surface area contributed by atoms with Crippen LogP contribution in [0.5, 0.6) is 0 Å². The van der Waals surface area contributed by atoms with Crippen LogP contribution in [0.15, 0.2) is 0 Å². The molecule has 0 aromatic carbocycles. The quantitative estimate of drug-likeness (QED) is 0.702. The average molecular weight is 229 g/mol. The molecule has 16 heavy (non-hydrogen) atoms. The molecule has 4 nitrogen and oxygen atoms in total. The SMILES string of the molecule is CCC(CC)C(NC(=O)CC(C)C)C(=O)O. The van der Waals surface area contributed by atoms with E-state index in [0.29, 0.717) is 6.42 Å². The summed E-state index contributed by atoms with van der Waals surface area (Å²) in [7, 11) is 0. The number of hydrogen-bond acceptors (Lipinski definition) is 2. The standard InChI is InChI=1S/C12H23NO3/c1-5-9(6-2)11(12(15)16)13-10(14)7-8(3)4/h8-9,11H,5-7H2,1-4H3,(H,13,14)(H,15,16). The number of rotatable bonds is 7. The van der Waals surface area contributed by atoms with Crippen LogP contribution in [0.3, 0.4) is 0 Å². The van der Waals surface area contributed by atoms with Crippen molar-refractivity contribution < 1.29 is 14.7 Å². The van der Waals surface area contributed by atoms with Crippen molar-refractivity contribution in [2.24, 2.45) is 11.8 Å². The summed E-state index contributed by atoms with van der Waals surface area (Å²) in [6, 6.07) is -0.749. The fraction of sp³-hybridized carbons (Fsp3) is 0.833. The summed E-state index contributed by atoms with van der Waals surface area (Å²) in [5.41, 5.74) is 0. The van der Waals surface area contributed by atoms with Crippen LogP contribution in [0, 0.1) is 11.8 Å². The van der Waals surface area contributed by atoms with Gasteiger partial charge in [0.2, 0.25) is 5.91 Å². The predicted octanol–water partition coefficient (Wildman–Crippen LogP) is 2.04. The number of hydrogen-bond donors (Lipinski definition) is 2. The molecular weight excluding hydrogens is 206 g/mol. The molecule has 0 heterocycles. The number of nitrogens with one attached hydrogen (secondary N) is 1. The van der Waals surface area contributed by atoms with E-state index in [1.807, 2.05) is 27.7 Å². The molecule has 0 aliphatic rings. The van der Waals surface area contributed by atoms with Crippen molar-refractivity contribution in [3.8, 4) is 0 Å². The first-order valence-electron chi connectivity index (χ1n) is 5.94. The highest BCUT2D eigenvalue weighted by molar-refractivity contribution is 5.83. The average Bonchev–Trinajstić information content (AvgIpc) is 2.16. The fourth-order valence-electron chi connectivity index (χ4n) is 1.74. The first-order valence-corrected chi connectivity index (χ1v) is 5.94. The van der Waals surface area contributed by atoms with Crippen molar-refractivity contribution in [1.82, 2.24) is 5.32 Å². The zero-order valence-electron chi connectivity index (χ0n) is 10.6. The van der Waals surface area contributed by atoms with Gasteiger partial charge in [-0.1, -0.05) is 40.5 Å². The van der Waals surface area contributed by atoms with Gasteiger partial charge in [-0.25, -0.2) is 4.79 Å². The number of carbonyl (C=O) groups excluding carboxylic acids is 1. The van der Waals surface area contributed by atoms with Gasteiger partial charge in [-0.2, -0.15) is 0 Å². The van der Waals surface area contributed by atoms with Gasteiger partial charge >= 0.3 is 5.97 Å². The van der Waals surface area contributed by atoms with Crippen molar-refractivity contribution in [2.45, 2.75) is 53.0 Å². The van der Waals surface area contributed by atoms with Crippen molar-refractivity contribution in [3.05, 3.63) is 0 Å². The van der Waals surface area contributed by atoms with E-state index in [1.54, 1.807) is 0 Å². The molecular formula is C12H23NO3. The number of aliphatic carboxylic acids is 1. The van der Waals surface area contributed by atoms with Crippen LogP contribution in [0.25, 0.3) is 0 Å². The highest BCUT2D eigenvalue weighted by Gasteiger charge is 2.27. The smallest absolute Gasteiger partial charge is 0.326 e. The Hall–Kier alpha value is -1.06. The van der Waals surface area contributed by atoms with Crippen molar-refractivity contribution in [2.75, 3.05) is 0 Å². The van der Waals surface area contributed by atoms with E-state index in [0.717, 1.165) is 12.8 Å². The minimum atomic E-state index is -0.939. The Morgan fingerprint density at radius 3 is 2.00 bits per heavy atom. The van der Waals surface area contributed by atoms with Crippen molar-refractivity contribution in [3.63, 3.8) is 0 Å². The van der Waals surface area contributed by atoms with Crippen LogP contribution in [0.2, 0.25) is 0 Å². The van der Waals surface area contributed by atoms with E-state index in [-0.39, 0.29) is 17.7 Å². The Kier molecular flexibility index (Phi) is 6.77. The monoisotopic (exact) mass is 229 g/mol. The molecule has 1 amide bonds. The van der Waals surface area contributed by atoms with Gasteiger partial charge in [-0.05, 0) is 11.8 Å². The maximum Gasteiger partial charge on any atom is 0.326 e. The molecule has 0 radical (unpaired) electrons. The maximum atomic E-state index is 11.5. The lowest BCUT2D eigenvalue weighted by Crippen LogP contribution is -2.46. The highest BCUT2D eigenvalue weighted by atomic mass is 16.4. The third kappa shape index (κ3) is 5.14. The zero-order valence-corrected chi connectivity index (χ0v) is 10.6. The maximum absolute atomic E-state index is 11.5. The second kappa shape index (κ2) is 7.25. The van der Waals surface area contributed by atoms with E-state index in [9.17, 15) is 9.59 Å². The Morgan fingerprint density at radius 1 is 1.19 bits per heavy atom. The van der Waals surface area contributed by atoms with Gasteiger partial charge in [0.25, 0.3) is 0 Å². The molecule has 0 fully saturated rings. The molecule has 1 atom stereocenters. The summed E-state index contributed by atoms with van der Waals surface area (Å²) in [5.74, 6) is -0.857. The molecule has 94 valence electrons. The normalized spacial score (nSPS) is 12.9. The number of carbonyl (C=O) groups is 2. The van der Waals surface area contributed by atoms with Crippen LogP contribution in [0.4, 0.5) is 0 Å². The van der Waals surface area contributed by atoms with Crippen molar-refractivity contribution in [1.29, 1.82) is 0 Å². The summed E-state index contributed by atoms with van der Waals surface area (Å²) in [5, 5.41) is 11.7. The van der Waals surface area contributed by atoms with Gasteiger partial charge in [-0.3, -0.25) is 4.79 Å². The minimum absolute atomic E-state index is 0.00797. The molecule has 0 saturated carbocycles. The second-order valence-electron chi connectivity index (χ2n) is 4.56. The summed E-state index contributed by atoms with van der Waals surface area (Å²) >= 11 is 0. The molecule has 0 rings (SSSR count). The Bertz CT molecular complexity index is 234. The zero-order chi connectivity index (χ0) is 12.7. The third-order valence-corrected chi connectivity index (χ3v) is 2.70. The first-order chi connectivity index (χ1) is 7.42.